The Kier molecular flexibility index (Phi) is 5.65. The van der Waals surface area contributed by atoms with Crippen LogP contribution in [0.1, 0.15) is 24.2 Å². The normalized spacial score (nSPS) is 12.3. The molecular weight excluding hydrogens is 258 g/mol. The summed E-state index contributed by atoms with van der Waals surface area (Å²) in [6.07, 6.45) is 2.18. The summed E-state index contributed by atoms with van der Waals surface area (Å²) >= 11 is 0. The van der Waals surface area contributed by atoms with Crippen LogP contribution in [0.5, 0.6) is 0 Å². The molecule has 5 heteroatoms. The van der Waals surface area contributed by atoms with Gasteiger partial charge in [-0.2, -0.15) is 0 Å². The van der Waals surface area contributed by atoms with Gasteiger partial charge in [0.25, 0.3) is 0 Å². The summed E-state index contributed by atoms with van der Waals surface area (Å²) in [5.41, 5.74) is 0.468. The van der Waals surface area contributed by atoms with Crippen LogP contribution in [0.2, 0.25) is 0 Å². The monoisotopic (exact) mass is 275 g/mol. The maximum atomic E-state index is 11.7. The van der Waals surface area contributed by atoms with Gasteiger partial charge in [0.1, 0.15) is 6.04 Å². The number of hydrogen-bond donors (Lipinski definition) is 2. The lowest BCUT2D eigenvalue weighted by atomic mass is 10.0. The summed E-state index contributed by atoms with van der Waals surface area (Å²) in [5, 5.41) is 11.3. The molecule has 1 atom stereocenters. The van der Waals surface area contributed by atoms with Gasteiger partial charge in [-0.15, -0.1) is 0 Å². The van der Waals surface area contributed by atoms with Crippen molar-refractivity contribution < 1.29 is 19.5 Å². The molecule has 0 aliphatic heterocycles. The van der Waals surface area contributed by atoms with E-state index >= 15 is 0 Å². The molecule has 0 heterocycles. The van der Waals surface area contributed by atoms with Crippen molar-refractivity contribution >= 4 is 17.7 Å². The summed E-state index contributed by atoms with van der Waals surface area (Å²) in [7, 11) is 0. The Hall–Kier alpha value is -2.43. The minimum atomic E-state index is -1.10. The third kappa shape index (κ3) is 4.68. The van der Waals surface area contributed by atoms with Gasteiger partial charge in [-0.1, -0.05) is 44.2 Å². The number of carboxylic acids is 1. The molecule has 0 saturated heterocycles. The molecule has 0 bridgehead atoms. The second-order valence-corrected chi connectivity index (χ2v) is 4.63. The number of carbonyl (C=O) groups excluding carboxylic acids is 2. The van der Waals surface area contributed by atoms with E-state index in [9.17, 15) is 14.4 Å². The first-order chi connectivity index (χ1) is 9.41. The van der Waals surface area contributed by atoms with E-state index in [1.165, 1.54) is 0 Å². The molecule has 1 rings (SSSR count). The van der Waals surface area contributed by atoms with Gasteiger partial charge >= 0.3 is 5.97 Å². The van der Waals surface area contributed by atoms with Gasteiger partial charge in [-0.05, 0) is 12.0 Å². The molecular formula is C15H17NO4. The molecule has 0 aliphatic rings. The van der Waals surface area contributed by atoms with Gasteiger partial charge in [0.15, 0.2) is 5.78 Å². The number of nitrogens with one attached hydrogen (secondary N) is 1. The molecule has 2 N–H and O–H groups in total. The van der Waals surface area contributed by atoms with Gasteiger partial charge in [0.2, 0.25) is 5.91 Å². The van der Waals surface area contributed by atoms with Crippen molar-refractivity contribution in [2.24, 2.45) is 5.92 Å². The quantitative estimate of drug-likeness (QED) is 0.611. The average Bonchev–Trinajstić information content (AvgIpc) is 2.42. The molecule has 20 heavy (non-hydrogen) atoms. The summed E-state index contributed by atoms with van der Waals surface area (Å²) in [5.74, 6) is -2.25. The van der Waals surface area contributed by atoms with E-state index in [2.05, 4.69) is 5.32 Å². The third-order valence-corrected chi connectivity index (χ3v) is 2.67. The minimum absolute atomic E-state index is 0.241. The Morgan fingerprint density at radius 2 is 1.70 bits per heavy atom. The molecule has 0 fully saturated rings. The lowest BCUT2D eigenvalue weighted by Gasteiger charge is -2.16. The summed E-state index contributed by atoms with van der Waals surface area (Å²) in [4.78, 5) is 34.2. The van der Waals surface area contributed by atoms with E-state index in [0.29, 0.717) is 5.56 Å². The number of amides is 1. The molecule has 5 nitrogen and oxygen atoms in total. The highest BCUT2D eigenvalue weighted by Crippen LogP contribution is 2.03. The summed E-state index contributed by atoms with van der Waals surface area (Å²) in [6.45, 7) is 3.38. The van der Waals surface area contributed by atoms with Gasteiger partial charge < -0.3 is 10.4 Å². The van der Waals surface area contributed by atoms with E-state index in [-0.39, 0.29) is 11.7 Å². The van der Waals surface area contributed by atoms with Crippen LogP contribution in [0.15, 0.2) is 42.5 Å². The fourth-order valence-corrected chi connectivity index (χ4v) is 1.56. The van der Waals surface area contributed by atoms with Crippen LogP contribution in [-0.4, -0.2) is 28.8 Å². The Bertz CT molecular complexity index is 520. The second-order valence-electron chi connectivity index (χ2n) is 4.63. The first-order valence-electron chi connectivity index (χ1n) is 6.22. The number of benzene rings is 1. The molecule has 106 valence electrons. The second kappa shape index (κ2) is 7.23. The highest BCUT2D eigenvalue weighted by molar-refractivity contribution is 6.07. The number of carbonyl (C=O) groups is 3. The Labute approximate surface area is 117 Å². The van der Waals surface area contributed by atoms with Crippen molar-refractivity contribution in [2.45, 2.75) is 19.9 Å². The zero-order chi connectivity index (χ0) is 15.1. The van der Waals surface area contributed by atoms with Crippen LogP contribution in [-0.2, 0) is 9.59 Å². The maximum Gasteiger partial charge on any atom is 0.326 e. The van der Waals surface area contributed by atoms with E-state index < -0.39 is 17.9 Å². The number of aliphatic carboxylic acids is 1. The Balaban J connectivity index is 2.64. The van der Waals surface area contributed by atoms with E-state index in [1.54, 1.807) is 44.2 Å². The zero-order valence-electron chi connectivity index (χ0n) is 11.4. The van der Waals surface area contributed by atoms with E-state index in [0.717, 1.165) is 12.2 Å². The molecule has 0 radical (unpaired) electrons. The van der Waals surface area contributed by atoms with Crippen molar-refractivity contribution in [1.29, 1.82) is 0 Å². The largest absolute Gasteiger partial charge is 0.480 e. The molecule has 0 spiro atoms. The lowest BCUT2D eigenvalue weighted by molar-refractivity contribution is -0.142. The number of carboxylic acid groups (broad SMARTS) is 1. The first kappa shape index (κ1) is 15.6. The summed E-state index contributed by atoms with van der Waals surface area (Å²) < 4.78 is 0. The highest BCUT2D eigenvalue weighted by atomic mass is 16.4. The van der Waals surface area contributed by atoms with Crippen molar-refractivity contribution in [3.05, 3.63) is 48.0 Å². The number of allylic oxidation sites excluding steroid dienone is 1. The molecule has 0 aromatic heterocycles. The van der Waals surface area contributed by atoms with Crippen molar-refractivity contribution in [3.63, 3.8) is 0 Å². The van der Waals surface area contributed by atoms with Crippen LogP contribution in [0.25, 0.3) is 0 Å². The SMILES string of the molecule is CC(C)[C@H](NC(=O)C=CC(=O)c1ccccc1)C(=O)O. The molecule has 0 aliphatic carbocycles. The van der Waals surface area contributed by atoms with Crippen LogP contribution in [0.4, 0.5) is 0 Å². The fourth-order valence-electron chi connectivity index (χ4n) is 1.56. The minimum Gasteiger partial charge on any atom is -0.480 e. The number of rotatable bonds is 6. The molecule has 0 saturated carbocycles. The smallest absolute Gasteiger partial charge is 0.326 e. The van der Waals surface area contributed by atoms with Gasteiger partial charge in [0, 0.05) is 11.6 Å². The molecule has 1 aromatic carbocycles. The predicted octanol–water partition coefficient (Wildman–Crippen LogP) is 1.65. The fraction of sp³-hybridized carbons (Fsp3) is 0.267. The summed E-state index contributed by atoms with van der Waals surface area (Å²) in [6, 6.07) is 7.53. The van der Waals surface area contributed by atoms with Gasteiger partial charge in [-0.25, -0.2) is 4.79 Å². The maximum absolute atomic E-state index is 11.7. The van der Waals surface area contributed by atoms with Crippen molar-refractivity contribution in [3.8, 4) is 0 Å². The first-order valence-corrected chi connectivity index (χ1v) is 6.22. The van der Waals surface area contributed by atoms with Crippen LogP contribution in [0.3, 0.4) is 0 Å². The lowest BCUT2D eigenvalue weighted by Crippen LogP contribution is -2.43. The Morgan fingerprint density at radius 1 is 1.10 bits per heavy atom. The van der Waals surface area contributed by atoms with E-state index in [4.69, 9.17) is 5.11 Å². The van der Waals surface area contributed by atoms with E-state index in [1.807, 2.05) is 0 Å². The van der Waals surface area contributed by atoms with Crippen LogP contribution in [0, 0.1) is 5.92 Å². The van der Waals surface area contributed by atoms with Crippen LogP contribution < -0.4 is 5.32 Å². The third-order valence-electron chi connectivity index (χ3n) is 2.67. The Morgan fingerprint density at radius 3 is 2.20 bits per heavy atom. The zero-order valence-corrected chi connectivity index (χ0v) is 11.4. The standard InChI is InChI=1S/C15H17NO4/c1-10(2)14(15(19)20)16-13(18)9-8-12(17)11-6-4-3-5-7-11/h3-10,14H,1-2H3,(H,16,18)(H,19,20)/t14-/m0/s1. The van der Waals surface area contributed by atoms with Crippen molar-refractivity contribution in [1.82, 2.24) is 5.32 Å². The predicted molar refractivity (Wildman–Crippen MR) is 74.3 cm³/mol. The van der Waals surface area contributed by atoms with Gasteiger partial charge in [0.05, 0.1) is 0 Å². The number of ketones is 1. The number of hydrogen-bond acceptors (Lipinski definition) is 3. The van der Waals surface area contributed by atoms with Gasteiger partial charge in [-0.3, -0.25) is 9.59 Å². The average molecular weight is 275 g/mol. The topological polar surface area (TPSA) is 83.5 Å². The molecule has 1 amide bonds. The molecule has 0 unspecified atom stereocenters. The van der Waals surface area contributed by atoms with Crippen molar-refractivity contribution in [2.75, 3.05) is 0 Å². The van der Waals surface area contributed by atoms with Crippen LogP contribution >= 0.6 is 0 Å². The molecule has 1 aromatic rings. The highest BCUT2D eigenvalue weighted by Gasteiger charge is 2.22.